The molecule has 3 aliphatic rings. The van der Waals surface area contributed by atoms with E-state index in [0.29, 0.717) is 13.1 Å². The number of urea groups is 2. The van der Waals surface area contributed by atoms with Crippen molar-refractivity contribution in [3.05, 3.63) is 0 Å². The number of rotatable bonds is 2. The molecule has 10 heteroatoms. The topological polar surface area (TPSA) is 105 Å². The second-order valence-electron chi connectivity index (χ2n) is 5.59. The van der Waals surface area contributed by atoms with Crippen LogP contribution in [0.4, 0.5) is 9.59 Å². The molecule has 0 aromatic heterocycles. The Balaban J connectivity index is 1.85. The summed E-state index contributed by atoms with van der Waals surface area (Å²) in [5.41, 5.74) is 0. The van der Waals surface area contributed by atoms with Crippen LogP contribution in [-0.2, 0) is 9.59 Å². The van der Waals surface area contributed by atoms with Crippen molar-refractivity contribution in [1.29, 1.82) is 0 Å². The molecule has 3 aliphatic heterocycles. The number of hydrogen-bond acceptors (Lipinski definition) is 5. The van der Waals surface area contributed by atoms with Gasteiger partial charge >= 0.3 is 12.1 Å². The summed E-state index contributed by atoms with van der Waals surface area (Å²) in [5, 5.41) is 2.56. The third-order valence-electron chi connectivity index (χ3n) is 4.28. The summed E-state index contributed by atoms with van der Waals surface area (Å²) in [6, 6.07) is -2.52. The summed E-state index contributed by atoms with van der Waals surface area (Å²) < 4.78 is 1.48. The van der Waals surface area contributed by atoms with Crippen LogP contribution in [0, 0.1) is 0 Å². The third-order valence-corrected chi connectivity index (χ3v) is 4.28. The highest BCUT2D eigenvalue weighted by Gasteiger charge is 2.53. The quantitative estimate of drug-likeness (QED) is 0.610. The summed E-state index contributed by atoms with van der Waals surface area (Å²) >= 11 is 0. The Kier molecular flexibility index (Phi) is 3.38. The van der Waals surface area contributed by atoms with Gasteiger partial charge in [0, 0.05) is 27.2 Å². The van der Waals surface area contributed by atoms with Crippen LogP contribution in [0.3, 0.4) is 0 Å². The summed E-state index contributed by atoms with van der Waals surface area (Å²) in [7, 11) is 2.91. The Morgan fingerprint density at radius 3 is 2.65 bits per heavy atom. The lowest BCUT2D eigenvalue weighted by atomic mass is 10.1. The van der Waals surface area contributed by atoms with E-state index in [2.05, 4.69) is 10.3 Å². The van der Waals surface area contributed by atoms with Crippen LogP contribution in [0.2, 0.25) is 0 Å². The first-order valence-corrected chi connectivity index (χ1v) is 7.17. The number of carbonyl (C=O) groups excluding carboxylic acids is 4. The van der Waals surface area contributed by atoms with Crippen LogP contribution in [0.25, 0.3) is 0 Å². The fourth-order valence-corrected chi connectivity index (χ4v) is 2.86. The van der Waals surface area contributed by atoms with Gasteiger partial charge in [0.15, 0.2) is 6.04 Å². The molecule has 0 aromatic carbocycles. The molecule has 0 saturated carbocycles. The molecule has 2 saturated heterocycles. The molecule has 0 aliphatic carbocycles. The molecule has 0 radical (unpaired) electrons. The van der Waals surface area contributed by atoms with Gasteiger partial charge in [-0.1, -0.05) is 0 Å². The van der Waals surface area contributed by atoms with Crippen LogP contribution in [0.1, 0.15) is 6.92 Å². The Labute approximate surface area is 132 Å². The second-order valence-corrected chi connectivity index (χ2v) is 5.59. The van der Waals surface area contributed by atoms with Crippen molar-refractivity contribution >= 4 is 36.1 Å². The number of hydrogen-bond donors (Lipinski definition) is 1. The zero-order chi connectivity index (χ0) is 16.9. The van der Waals surface area contributed by atoms with E-state index in [0.717, 1.165) is 9.80 Å². The van der Waals surface area contributed by atoms with E-state index in [9.17, 15) is 19.2 Å². The van der Waals surface area contributed by atoms with Crippen LogP contribution in [0.5, 0.6) is 0 Å². The van der Waals surface area contributed by atoms with Gasteiger partial charge in [0.2, 0.25) is 0 Å². The van der Waals surface area contributed by atoms with E-state index < -0.39 is 36.0 Å². The van der Waals surface area contributed by atoms with E-state index >= 15 is 0 Å². The van der Waals surface area contributed by atoms with Crippen LogP contribution in [0.15, 0.2) is 4.99 Å². The Morgan fingerprint density at radius 1 is 1.35 bits per heavy atom. The molecular weight excluding hydrogens is 304 g/mol. The molecule has 0 bridgehead atoms. The molecule has 1 N–H and O–H groups in total. The van der Waals surface area contributed by atoms with Crippen molar-refractivity contribution in [2.24, 2.45) is 4.99 Å². The molecule has 23 heavy (non-hydrogen) atoms. The average molecular weight is 321 g/mol. The predicted molar refractivity (Wildman–Crippen MR) is 78.1 cm³/mol. The van der Waals surface area contributed by atoms with Crippen LogP contribution in [-0.4, -0.2) is 94.6 Å². The number of aliphatic imine (C=N–C) groups is 1. The Morgan fingerprint density at radius 2 is 2.04 bits per heavy atom. The van der Waals surface area contributed by atoms with Crippen molar-refractivity contribution in [2.45, 2.75) is 19.0 Å². The lowest BCUT2D eigenvalue weighted by molar-refractivity contribution is -0.552. The molecule has 0 aromatic rings. The molecule has 0 spiro atoms. The SMILES string of the molecule is CC(C(=O)N1CCNC1=O)[N+]1=CN=C2C1C(=O)N(C)C(=O)N2C. The molecular formula is C13H17N6O4+. The second kappa shape index (κ2) is 5.14. The van der Waals surface area contributed by atoms with Crippen LogP contribution >= 0.6 is 0 Å². The minimum atomic E-state index is -0.840. The minimum Gasteiger partial charge on any atom is -0.336 e. The van der Waals surface area contributed by atoms with Crippen molar-refractivity contribution < 1.29 is 23.8 Å². The number of fused-ring (bicyclic) bond motifs is 1. The lowest BCUT2D eigenvalue weighted by Crippen LogP contribution is -2.63. The standard InChI is InChI=1S/C13H16N6O4/c1-7(10(20)18-5-4-14-12(18)22)19-6-15-9-8(19)11(21)17(3)13(23)16(9)2/h6-8H,4-5H2,1-3H3/p+1. The molecule has 2 atom stereocenters. The minimum absolute atomic E-state index is 0.281. The van der Waals surface area contributed by atoms with Gasteiger partial charge in [-0.2, -0.15) is 0 Å². The monoisotopic (exact) mass is 321 g/mol. The largest absolute Gasteiger partial charge is 0.336 e. The van der Waals surface area contributed by atoms with Crippen LogP contribution < -0.4 is 5.32 Å². The Hall–Kier alpha value is -2.78. The van der Waals surface area contributed by atoms with Gasteiger partial charge in [-0.3, -0.25) is 24.3 Å². The maximum absolute atomic E-state index is 12.5. The fourth-order valence-electron chi connectivity index (χ4n) is 2.86. The fraction of sp³-hybridized carbons (Fsp3) is 0.538. The first kappa shape index (κ1) is 15.1. The van der Waals surface area contributed by atoms with Crippen molar-refractivity contribution in [1.82, 2.24) is 20.0 Å². The number of likely N-dealkylation sites (N-methyl/N-ethyl adjacent to an activating group) is 2. The van der Waals surface area contributed by atoms with Gasteiger partial charge in [0.05, 0.1) is 0 Å². The van der Waals surface area contributed by atoms with E-state index in [1.165, 1.54) is 29.9 Å². The molecule has 6 amide bonds. The third kappa shape index (κ3) is 2.09. The average Bonchev–Trinajstić information content (AvgIpc) is 3.15. The summed E-state index contributed by atoms with van der Waals surface area (Å²) in [4.78, 5) is 56.0. The van der Waals surface area contributed by atoms with Gasteiger partial charge in [-0.25, -0.2) is 14.2 Å². The predicted octanol–water partition coefficient (Wildman–Crippen LogP) is -1.73. The number of amidine groups is 1. The van der Waals surface area contributed by atoms with Gasteiger partial charge < -0.3 is 5.32 Å². The van der Waals surface area contributed by atoms with E-state index in [-0.39, 0.29) is 5.84 Å². The highest BCUT2D eigenvalue weighted by atomic mass is 16.2. The summed E-state index contributed by atoms with van der Waals surface area (Å²) in [6.07, 6.45) is 1.37. The van der Waals surface area contributed by atoms with E-state index in [4.69, 9.17) is 0 Å². The first-order chi connectivity index (χ1) is 10.8. The molecule has 2 unspecified atom stereocenters. The molecule has 10 nitrogen and oxygen atoms in total. The zero-order valence-corrected chi connectivity index (χ0v) is 13.0. The maximum atomic E-state index is 12.5. The number of imide groups is 2. The van der Waals surface area contributed by atoms with Gasteiger partial charge in [-0.15, -0.1) is 0 Å². The highest BCUT2D eigenvalue weighted by molar-refractivity contribution is 6.21. The van der Waals surface area contributed by atoms with E-state index in [1.807, 2.05) is 0 Å². The zero-order valence-electron chi connectivity index (χ0n) is 13.0. The molecule has 2 fully saturated rings. The first-order valence-electron chi connectivity index (χ1n) is 7.17. The lowest BCUT2D eigenvalue weighted by Gasteiger charge is -2.32. The van der Waals surface area contributed by atoms with E-state index in [1.54, 1.807) is 6.92 Å². The number of carbonyl (C=O) groups is 4. The number of nitrogens with zero attached hydrogens (tertiary/aromatic N) is 5. The van der Waals surface area contributed by atoms with Crippen molar-refractivity contribution in [2.75, 3.05) is 27.2 Å². The summed E-state index contributed by atoms with van der Waals surface area (Å²) in [6.45, 7) is 2.30. The van der Waals surface area contributed by atoms with Crippen molar-refractivity contribution in [3.63, 3.8) is 0 Å². The molecule has 3 heterocycles. The Bertz CT molecular complexity index is 684. The van der Waals surface area contributed by atoms with Gasteiger partial charge in [0.1, 0.15) is 0 Å². The number of nitrogens with one attached hydrogen (secondary N) is 1. The van der Waals surface area contributed by atoms with Crippen molar-refractivity contribution in [3.8, 4) is 0 Å². The number of amides is 6. The van der Waals surface area contributed by atoms with Gasteiger partial charge in [0.25, 0.3) is 30.0 Å². The molecule has 3 rings (SSSR count). The molecule has 122 valence electrons. The maximum Gasteiger partial charge on any atom is 0.333 e. The smallest absolute Gasteiger partial charge is 0.333 e. The van der Waals surface area contributed by atoms with Gasteiger partial charge in [-0.05, 0) is 11.9 Å². The normalized spacial score (nSPS) is 25.3. The summed E-state index contributed by atoms with van der Waals surface area (Å²) in [5.74, 6) is -0.586. The highest BCUT2D eigenvalue weighted by Crippen LogP contribution is 2.19.